The Morgan fingerprint density at radius 3 is 2.83 bits per heavy atom. The number of anilines is 1. The number of aromatic nitrogens is 2. The predicted octanol–water partition coefficient (Wildman–Crippen LogP) is 2.45. The number of thiazole rings is 1. The number of para-hydroxylation sites is 1. The minimum absolute atomic E-state index is 0.0427. The van der Waals surface area contributed by atoms with Crippen LogP contribution in [-0.4, -0.2) is 27.6 Å². The lowest BCUT2D eigenvalue weighted by molar-refractivity contribution is 0.289. The average Bonchev–Trinajstić information content (AvgIpc) is 2.94. The fraction of sp³-hybridized carbons (Fsp3) is 0.294. The van der Waals surface area contributed by atoms with Crippen molar-refractivity contribution in [3.8, 4) is 0 Å². The molecule has 0 aliphatic heterocycles. The Morgan fingerprint density at radius 1 is 1.30 bits per heavy atom. The van der Waals surface area contributed by atoms with Gasteiger partial charge in [-0.25, -0.2) is 4.98 Å². The maximum absolute atomic E-state index is 12.3. The molecule has 0 amide bonds. The van der Waals surface area contributed by atoms with E-state index in [9.17, 15) is 4.79 Å². The van der Waals surface area contributed by atoms with Gasteiger partial charge in [-0.15, -0.1) is 11.3 Å². The summed E-state index contributed by atoms with van der Waals surface area (Å²) in [4.78, 5) is 19.7. The van der Waals surface area contributed by atoms with Gasteiger partial charge in [0.1, 0.15) is 0 Å². The molecule has 1 N–H and O–H groups in total. The van der Waals surface area contributed by atoms with Crippen molar-refractivity contribution in [2.75, 3.05) is 18.1 Å². The van der Waals surface area contributed by atoms with Crippen molar-refractivity contribution < 1.29 is 5.11 Å². The summed E-state index contributed by atoms with van der Waals surface area (Å²) in [7, 11) is 0. The smallest absolute Gasteiger partial charge is 0.259 e. The normalized spacial score (nSPS) is 11.0. The molecule has 23 heavy (non-hydrogen) atoms. The van der Waals surface area contributed by atoms with Crippen LogP contribution in [0.2, 0.25) is 0 Å². The molecule has 1 aromatic carbocycles. The third kappa shape index (κ3) is 3.43. The first-order valence-electron chi connectivity index (χ1n) is 7.56. The summed E-state index contributed by atoms with van der Waals surface area (Å²) in [5, 5.41) is 11.1. The van der Waals surface area contributed by atoms with Gasteiger partial charge in [0.2, 0.25) is 0 Å². The first-order chi connectivity index (χ1) is 11.2. The molecule has 0 aliphatic rings. The van der Waals surface area contributed by atoms with E-state index in [1.165, 1.54) is 11.3 Å². The summed E-state index contributed by atoms with van der Waals surface area (Å²) in [5.74, 6) is 0. The van der Waals surface area contributed by atoms with Gasteiger partial charge in [-0.2, -0.15) is 0 Å². The summed E-state index contributed by atoms with van der Waals surface area (Å²) in [6.45, 7) is 3.31. The van der Waals surface area contributed by atoms with Crippen LogP contribution >= 0.6 is 11.3 Å². The van der Waals surface area contributed by atoms with Crippen LogP contribution in [0.15, 0.2) is 46.6 Å². The maximum atomic E-state index is 12.3. The molecule has 3 rings (SSSR count). The standard InChI is InChI=1S/C17H19N3O2S/c1-13-12-23-17-18-14(10-16(22)20(13)17)11-19(8-5-9-21)15-6-3-2-4-7-15/h2-4,6-7,10,12,21H,5,8-9,11H2,1H3. The monoisotopic (exact) mass is 329 g/mol. The molecule has 120 valence electrons. The molecular weight excluding hydrogens is 310 g/mol. The van der Waals surface area contributed by atoms with Gasteiger partial charge < -0.3 is 10.0 Å². The van der Waals surface area contributed by atoms with E-state index >= 15 is 0 Å². The molecule has 0 fully saturated rings. The Labute approximate surface area is 138 Å². The number of rotatable bonds is 6. The molecule has 0 saturated carbocycles. The van der Waals surface area contributed by atoms with E-state index in [1.807, 2.05) is 42.6 Å². The van der Waals surface area contributed by atoms with Crippen molar-refractivity contribution in [3.05, 3.63) is 63.5 Å². The lowest BCUT2D eigenvalue weighted by Gasteiger charge is -2.24. The summed E-state index contributed by atoms with van der Waals surface area (Å²) in [6.07, 6.45) is 0.675. The van der Waals surface area contributed by atoms with Crippen molar-refractivity contribution in [1.82, 2.24) is 9.38 Å². The van der Waals surface area contributed by atoms with E-state index in [2.05, 4.69) is 9.88 Å². The highest BCUT2D eigenvalue weighted by Gasteiger charge is 2.11. The fourth-order valence-corrected chi connectivity index (χ4v) is 3.47. The van der Waals surface area contributed by atoms with Gasteiger partial charge in [0, 0.05) is 36.0 Å². The van der Waals surface area contributed by atoms with Gasteiger partial charge in [0.15, 0.2) is 4.96 Å². The Hall–Kier alpha value is -2.18. The quantitative estimate of drug-likeness (QED) is 0.755. The molecule has 0 saturated heterocycles. The number of fused-ring (bicyclic) bond motifs is 1. The van der Waals surface area contributed by atoms with E-state index in [0.29, 0.717) is 19.5 Å². The van der Waals surface area contributed by atoms with Crippen molar-refractivity contribution in [2.45, 2.75) is 19.9 Å². The molecule has 6 heteroatoms. The second-order valence-electron chi connectivity index (χ2n) is 5.42. The third-order valence-corrected chi connectivity index (χ3v) is 4.63. The molecule has 0 unspecified atom stereocenters. The second-order valence-corrected chi connectivity index (χ2v) is 6.25. The average molecular weight is 329 g/mol. The number of aryl methyl sites for hydroxylation is 1. The Bertz CT molecular complexity index is 842. The van der Waals surface area contributed by atoms with Gasteiger partial charge in [-0.1, -0.05) is 18.2 Å². The number of aliphatic hydroxyl groups is 1. The molecule has 5 nitrogen and oxygen atoms in total. The van der Waals surface area contributed by atoms with E-state index in [0.717, 1.165) is 22.0 Å². The zero-order chi connectivity index (χ0) is 16.2. The molecular formula is C17H19N3O2S. The van der Waals surface area contributed by atoms with Crippen LogP contribution in [0.25, 0.3) is 4.96 Å². The Balaban J connectivity index is 1.92. The highest BCUT2D eigenvalue weighted by Crippen LogP contribution is 2.17. The minimum Gasteiger partial charge on any atom is -0.396 e. The van der Waals surface area contributed by atoms with Gasteiger partial charge in [0.25, 0.3) is 5.56 Å². The van der Waals surface area contributed by atoms with Crippen LogP contribution in [0.1, 0.15) is 17.8 Å². The number of nitrogens with zero attached hydrogens (tertiary/aromatic N) is 3. The third-order valence-electron chi connectivity index (χ3n) is 3.69. The number of hydrogen-bond acceptors (Lipinski definition) is 5. The lowest BCUT2D eigenvalue weighted by atomic mass is 10.2. The zero-order valence-electron chi connectivity index (χ0n) is 13.0. The first-order valence-corrected chi connectivity index (χ1v) is 8.44. The van der Waals surface area contributed by atoms with Gasteiger partial charge in [-0.05, 0) is 25.5 Å². The molecule has 3 aromatic rings. The SMILES string of the molecule is Cc1csc2nc(CN(CCCO)c3ccccc3)cc(=O)n12. The molecule has 0 bridgehead atoms. The van der Waals surface area contributed by atoms with Crippen LogP contribution in [-0.2, 0) is 6.54 Å². The van der Waals surface area contributed by atoms with Crippen molar-refractivity contribution in [1.29, 1.82) is 0 Å². The molecule has 0 spiro atoms. The van der Waals surface area contributed by atoms with E-state index in [4.69, 9.17) is 5.11 Å². The van der Waals surface area contributed by atoms with Crippen LogP contribution < -0.4 is 10.5 Å². The second kappa shape index (κ2) is 6.93. The molecule has 2 aromatic heterocycles. The lowest BCUT2D eigenvalue weighted by Crippen LogP contribution is -2.26. The molecule has 0 radical (unpaired) electrons. The highest BCUT2D eigenvalue weighted by atomic mass is 32.1. The van der Waals surface area contributed by atoms with Gasteiger partial charge in [-0.3, -0.25) is 9.20 Å². The first kappa shape index (κ1) is 15.7. The summed E-state index contributed by atoms with van der Waals surface area (Å²) >= 11 is 1.48. The highest BCUT2D eigenvalue weighted by molar-refractivity contribution is 7.15. The number of aliphatic hydroxyl groups excluding tert-OH is 1. The predicted molar refractivity (Wildman–Crippen MR) is 93.3 cm³/mol. The van der Waals surface area contributed by atoms with Crippen molar-refractivity contribution >= 4 is 22.0 Å². The van der Waals surface area contributed by atoms with Gasteiger partial charge in [0.05, 0.1) is 12.2 Å². The largest absolute Gasteiger partial charge is 0.396 e. The molecule has 0 atom stereocenters. The van der Waals surface area contributed by atoms with Crippen molar-refractivity contribution in [3.63, 3.8) is 0 Å². The maximum Gasteiger partial charge on any atom is 0.259 e. The Kier molecular flexibility index (Phi) is 4.73. The van der Waals surface area contributed by atoms with Crippen LogP contribution in [0.5, 0.6) is 0 Å². The summed E-state index contributed by atoms with van der Waals surface area (Å²) in [6, 6.07) is 11.6. The van der Waals surface area contributed by atoms with Crippen LogP contribution in [0.3, 0.4) is 0 Å². The number of benzene rings is 1. The zero-order valence-corrected chi connectivity index (χ0v) is 13.8. The minimum atomic E-state index is -0.0427. The van der Waals surface area contributed by atoms with Crippen molar-refractivity contribution in [2.24, 2.45) is 0 Å². The van der Waals surface area contributed by atoms with E-state index in [-0.39, 0.29) is 12.2 Å². The van der Waals surface area contributed by atoms with Crippen LogP contribution in [0, 0.1) is 6.92 Å². The molecule has 0 aliphatic carbocycles. The Morgan fingerprint density at radius 2 is 2.09 bits per heavy atom. The summed E-state index contributed by atoms with van der Waals surface area (Å²) < 4.78 is 1.63. The number of hydrogen-bond donors (Lipinski definition) is 1. The topological polar surface area (TPSA) is 57.8 Å². The van der Waals surface area contributed by atoms with E-state index in [1.54, 1.807) is 10.5 Å². The fourth-order valence-electron chi connectivity index (χ4n) is 2.58. The van der Waals surface area contributed by atoms with E-state index < -0.39 is 0 Å². The summed E-state index contributed by atoms with van der Waals surface area (Å²) in [5.41, 5.74) is 2.68. The molecule has 2 heterocycles. The van der Waals surface area contributed by atoms with Crippen LogP contribution in [0.4, 0.5) is 5.69 Å². The van der Waals surface area contributed by atoms with Gasteiger partial charge >= 0.3 is 0 Å².